The molecule has 0 N–H and O–H groups in total. The average molecular weight is 1950 g/mol. The predicted octanol–water partition coefficient (Wildman–Crippen LogP) is 23.6. The highest BCUT2D eigenvalue weighted by atomic mass is 79.9. The largest absolute Gasteiger partial charge is 0.343 e. The Balaban J connectivity index is 0.000000139. The minimum atomic E-state index is -0.734. The zero-order valence-corrected chi connectivity index (χ0v) is 78.7. The number of hydrogen-bond donors (Lipinski definition) is 0. The number of rotatable bonds is 14. The van der Waals surface area contributed by atoms with Crippen LogP contribution < -0.4 is 0 Å². The van der Waals surface area contributed by atoms with Crippen molar-refractivity contribution in [2.24, 2.45) is 20.0 Å². The van der Waals surface area contributed by atoms with Crippen molar-refractivity contribution in [1.29, 1.82) is 0 Å². The van der Waals surface area contributed by atoms with E-state index >= 15 is 0 Å². The molecule has 4 aromatic heterocycles. The van der Waals surface area contributed by atoms with E-state index in [1.165, 1.54) is 0 Å². The quantitative estimate of drug-likeness (QED) is 0.0998. The highest BCUT2D eigenvalue weighted by Gasteiger charge is 2.47. The number of amidine groups is 4. The van der Waals surface area contributed by atoms with Gasteiger partial charge in [0.1, 0.15) is 44.9 Å². The molecule has 4 aliphatic rings. The fourth-order valence-corrected chi connectivity index (χ4v) is 16.5. The van der Waals surface area contributed by atoms with Crippen molar-refractivity contribution in [2.75, 3.05) is 28.2 Å². The zero-order chi connectivity index (χ0) is 87.7. The van der Waals surface area contributed by atoms with Crippen LogP contribution in [0.3, 0.4) is 0 Å². The van der Waals surface area contributed by atoms with Crippen LogP contribution in [0.2, 0.25) is 50.2 Å². The normalized spacial score (nSPS) is 15.6. The molecule has 0 aliphatic carbocycles. The minimum Gasteiger partial charge on any atom is -0.343 e. The summed E-state index contributed by atoms with van der Waals surface area (Å²) in [5, 5.41) is 24.8. The van der Waals surface area contributed by atoms with Gasteiger partial charge in [-0.25, -0.2) is 18.7 Å². The van der Waals surface area contributed by atoms with E-state index in [1.807, 2.05) is 236 Å². The topological polar surface area (TPSA) is 202 Å². The number of hydrogen-bond acceptors (Lipinski definition) is 12. The molecule has 8 heterocycles. The molecule has 4 aliphatic heterocycles. The van der Waals surface area contributed by atoms with Gasteiger partial charge in [-0.3, -0.25) is 19.2 Å². The van der Waals surface area contributed by atoms with E-state index in [2.05, 4.69) is 65.7 Å². The van der Waals surface area contributed by atoms with Gasteiger partial charge in [-0.2, -0.15) is 40.4 Å². The number of likely N-dealkylation sites (N-methyl/N-ethyl adjacent to an activating group) is 4. The molecule has 16 rings (SSSR count). The van der Waals surface area contributed by atoms with E-state index in [0.717, 1.165) is 70.7 Å². The molecule has 0 saturated heterocycles. The van der Waals surface area contributed by atoms with Crippen LogP contribution in [0.5, 0.6) is 0 Å². The van der Waals surface area contributed by atoms with Crippen molar-refractivity contribution in [1.82, 2.24) is 58.7 Å². The number of aromatic nitrogens is 8. The molecule has 4 amide bonds. The number of aliphatic imine (C=N–C) groups is 4. The lowest BCUT2D eigenvalue weighted by molar-refractivity contribution is -0.124. The van der Waals surface area contributed by atoms with Crippen molar-refractivity contribution in [3.63, 3.8) is 0 Å². The summed E-state index contributed by atoms with van der Waals surface area (Å²) in [5.41, 5.74) is 12.4. The molecule has 32 heteroatoms. The van der Waals surface area contributed by atoms with E-state index in [-0.39, 0.29) is 23.6 Å². The Kier molecular flexibility index (Phi) is 26.2. The Morgan fingerprint density at radius 2 is 0.579 bits per heavy atom. The van der Waals surface area contributed by atoms with Gasteiger partial charge in [0.15, 0.2) is 23.3 Å². The summed E-state index contributed by atoms with van der Waals surface area (Å²) in [7, 11) is 7.42. The summed E-state index contributed by atoms with van der Waals surface area (Å²) < 4.78 is 9.09. The van der Waals surface area contributed by atoms with E-state index in [1.54, 1.807) is 68.6 Å². The first-order chi connectivity index (χ1) is 57.1. The molecular weight excluding hydrogens is 1870 g/mol. The maximum atomic E-state index is 12.5. The van der Waals surface area contributed by atoms with Crippen LogP contribution in [0.4, 0.5) is 0 Å². The summed E-state index contributed by atoms with van der Waals surface area (Å²) >= 11 is 69.7. The number of carbonyl (C=O) groups is 4. The third-order valence-corrected chi connectivity index (χ3v) is 25.7. The van der Waals surface area contributed by atoms with Crippen LogP contribution >= 0.6 is 148 Å². The smallest absolute Gasteiger partial charge is 0.273 e. The Bertz CT molecular complexity index is 6100. The van der Waals surface area contributed by atoms with E-state index in [9.17, 15) is 19.2 Å². The number of amides is 4. The van der Waals surface area contributed by atoms with Gasteiger partial charge in [-0.15, -0.1) is 0 Å². The second kappa shape index (κ2) is 35.3. The molecule has 0 bridgehead atoms. The second-order valence-electron chi connectivity index (χ2n) is 30.8. The highest BCUT2D eigenvalue weighted by molar-refractivity contribution is 9.10. The van der Waals surface area contributed by atoms with Crippen LogP contribution in [-0.4, -0.2) is 156 Å². The highest BCUT2D eigenvalue weighted by Crippen LogP contribution is 2.42. The fourth-order valence-electron chi connectivity index (χ4n) is 13.8. The standard InChI is InChI=1S/C23H21BrCl2N4O.C23H21Cl3N4O.C22H19BrCl2N4O.C21H17Cl3N4O/c2*1-5-16-19(21-27-22(31)23(2,3)29(21)4)28-30(18-11-10-15(25)12-17(18)26)20(16)13-6-8-14(24)9-7-13;1-12-18(20-26-21(30)22(2,3)28(20)4)27-29(17-10-9-15(24)11-16(17)25)19(12)13-5-7-14(23)8-6-13;1-21(2)20(29)25-19(27(21)3)16-11-18(12-4-6-13(22)7-5-12)28(26-16)17-9-8-14(23)10-15(17)24/h2*6-12H,5H2,1-4H3;5-11H,1-4H3;4-11H,1-3H3. The molecule has 12 aromatic rings. The van der Waals surface area contributed by atoms with Crippen LogP contribution in [0.25, 0.3) is 67.8 Å². The third-order valence-electron chi connectivity index (χ3n) is 22.0. The van der Waals surface area contributed by atoms with Crippen molar-refractivity contribution in [3.8, 4) is 67.8 Å². The van der Waals surface area contributed by atoms with Gasteiger partial charge in [-0.1, -0.05) is 210 Å². The first-order valence-corrected chi connectivity index (χ1v) is 43.2. The number of benzene rings is 8. The summed E-state index contributed by atoms with van der Waals surface area (Å²) in [5.74, 6) is 1.39. The van der Waals surface area contributed by atoms with E-state index < -0.39 is 22.2 Å². The minimum absolute atomic E-state index is 0.184. The van der Waals surface area contributed by atoms with Gasteiger partial charge in [0.25, 0.3) is 23.6 Å². The summed E-state index contributed by atoms with van der Waals surface area (Å²) in [6, 6.07) is 54.0. The summed E-state index contributed by atoms with van der Waals surface area (Å²) in [6.45, 7) is 20.9. The van der Waals surface area contributed by atoms with Gasteiger partial charge in [0.2, 0.25) is 0 Å². The van der Waals surface area contributed by atoms with Crippen molar-refractivity contribution >= 4 is 195 Å². The third kappa shape index (κ3) is 17.4. The number of halogens is 12. The lowest BCUT2D eigenvalue weighted by atomic mass is 10.0. The van der Waals surface area contributed by atoms with E-state index in [0.29, 0.717) is 132 Å². The zero-order valence-electron chi connectivity index (χ0n) is 68.0. The maximum absolute atomic E-state index is 12.5. The molecule has 8 aromatic carbocycles. The maximum Gasteiger partial charge on any atom is 0.273 e. The van der Waals surface area contributed by atoms with Gasteiger partial charge in [-0.05, 0) is 203 Å². The SMILES string of the molecule is CCc1c(C2=NC(=O)C(C)(C)N2C)nn(-c2ccc(Cl)cc2Cl)c1-c1ccc(Br)cc1.CCc1c(C2=NC(=O)C(C)(C)N2C)nn(-c2ccc(Cl)cc2Cl)c1-c1ccc(Cl)cc1.CN1C(c2cc(-c3ccc(Cl)cc3)n(-c3ccc(Cl)cc3Cl)n2)=NC(=O)C1(C)C.Cc1c(C2=NC(=O)C(C)(C)N2C)nn(-c2ccc(Cl)cc2Cl)c1-c1ccc(Br)cc1. The average Bonchev–Trinajstić information content (AvgIpc) is 1.59. The molecule has 121 heavy (non-hydrogen) atoms. The molecule has 0 unspecified atom stereocenters. The lowest BCUT2D eigenvalue weighted by Gasteiger charge is -2.27. The monoisotopic (exact) mass is 1940 g/mol. The number of nitrogens with zero attached hydrogens (tertiary/aromatic N) is 16. The van der Waals surface area contributed by atoms with Gasteiger partial charge in [0.05, 0.1) is 65.6 Å². The molecule has 0 spiro atoms. The van der Waals surface area contributed by atoms with Crippen LogP contribution in [0.15, 0.2) is 205 Å². The van der Waals surface area contributed by atoms with Gasteiger partial charge in [0, 0.05) is 106 Å². The Hall–Kier alpha value is -8.98. The molecule has 0 saturated carbocycles. The first-order valence-electron chi connectivity index (χ1n) is 37.9. The van der Waals surface area contributed by atoms with Gasteiger partial charge < -0.3 is 19.6 Å². The van der Waals surface area contributed by atoms with Crippen LogP contribution in [0, 0.1) is 6.92 Å². The number of carbonyl (C=O) groups excluding carboxylic acids is 4. The first kappa shape index (κ1) is 89.8. The summed E-state index contributed by atoms with van der Waals surface area (Å²) in [4.78, 5) is 74.6. The van der Waals surface area contributed by atoms with Gasteiger partial charge >= 0.3 is 0 Å². The molecule has 0 fully saturated rings. The van der Waals surface area contributed by atoms with Crippen LogP contribution in [0.1, 0.15) is 109 Å². The molecular formula is C89H78Br2Cl10N16O4. The fraction of sp³-hybridized carbons (Fsp3) is 0.236. The lowest BCUT2D eigenvalue weighted by Crippen LogP contribution is -2.44. The van der Waals surface area contributed by atoms with E-state index in [4.69, 9.17) is 136 Å². The molecule has 622 valence electrons. The van der Waals surface area contributed by atoms with Crippen molar-refractivity contribution in [3.05, 3.63) is 275 Å². The Morgan fingerprint density at radius 3 is 0.884 bits per heavy atom. The summed E-state index contributed by atoms with van der Waals surface area (Å²) in [6.07, 6.45) is 1.38. The van der Waals surface area contributed by atoms with Crippen molar-refractivity contribution in [2.45, 2.75) is 111 Å². The Labute approximate surface area is 767 Å². The molecule has 0 radical (unpaired) electrons. The Morgan fingerprint density at radius 1 is 0.314 bits per heavy atom. The second-order valence-corrected chi connectivity index (χ2v) is 36.9. The van der Waals surface area contributed by atoms with Crippen molar-refractivity contribution < 1.29 is 19.2 Å². The molecule has 20 nitrogen and oxygen atoms in total. The van der Waals surface area contributed by atoms with Crippen LogP contribution in [-0.2, 0) is 32.0 Å². The molecule has 0 atom stereocenters. The predicted molar refractivity (Wildman–Crippen MR) is 499 cm³/mol.